The number of hydrogen-bond donors (Lipinski definition) is 2. The van der Waals surface area contributed by atoms with E-state index in [9.17, 15) is 14.4 Å². The minimum Gasteiger partial charge on any atom is -0.478 e. The topological polar surface area (TPSA) is 117 Å². The molecular weight excluding hydrogens is 518 g/mol. The zero-order chi connectivity index (χ0) is 27.4. The summed E-state index contributed by atoms with van der Waals surface area (Å²) >= 11 is 6.30. The minimum atomic E-state index is -1.05. The monoisotopic (exact) mass is 541 g/mol. The van der Waals surface area contributed by atoms with Gasteiger partial charge in [-0.15, -0.1) is 5.10 Å². The van der Waals surface area contributed by atoms with Crippen molar-refractivity contribution in [3.05, 3.63) is 113 Å². The minimum absolute atomic E-state index is 0.115. The number of benzene rings is 3. The Morgan fingerprint density at radius 2 is 1.82 bits per heavy atom. The Hall–Kier alpha value is -4.76. The molecule has 9 nitrogen and oxygen atoms in total. The molecule has 1 atom stereocenters. The van der Waals surface area contributed by atoms with Crippen LogP contribution in [0.5, 0.6) is 0 Å². The lowest BCUT2D eigenvalue weighted by molar-refractivity contribution is -0.135. The van der Waals surface area contributed by atoms with E-state index in [0.29, 0.717) is 30.1 Å². The van der Waals surface area contributed by atoms with Crippen LogP contribution in [0, 0.1) is 0 Å². The van der Waals surface area contributed by atoms with Gasteiger partial charge in [0.15, 0.2) is 0 Å². The Kier molecular flexibility index (Phi) is 7.51. The predicted octanol–water partition coefficient (Wildman–Crippen LogP) is 4.48. The maximum Gasteiger partial charge on any atom is 0.335 e. The number of nitrogens with zero attached hydrogens (tertiary/aromatic N) is 4. The summed E-state index contributed by atoms with van der Waals surface area (Å²) in [5.41, 5.74) is 3.76. The molecule has 5 rings (SSSR count). The van der Waals surface area contributed by atoms with Crippen LogP contribution in [0.15, 0.2) is 91.3 Å². The van der Waals surface area contributed by atoms with E-state index in [2.05, 4.69) is 15.6 Å². The molecule has 0 spiro atoms. The molecule has 1 aliphatic heterocycles. The van der Waals surface area contributed by atoms with Gasteiger partial charge in [-0.2, -0.15) is 0 Å². The summed E-state index contributed by atoms with van der Waals surface area (Å²) < 4.78 is 1.62. The summed E-state index contributed by atoms with van der Waals surface area (Å²) in [7, 11) is 0. The maximum absolute atomic E-state index is 13.5. The van der Waals surface area contributed by atoms with Crippen molar-refractivity contribution >= 4 is 40.6 Å². The highest BCUT2D eigenvalue weighted by Gasteiger charge is 2.32. The van der Waals surface area contributed by atoms with Crippen LogP contribution in [0.3, 0.4) is 0 Å². The number of carboxylic acid groups (broad SMARTS) is 1. The van der Waals surface area contributed by atoms with Crippen LogP contribution in [-0.2, 0) is 16.0 Å². The Balaban J connectivity index is 1.43. The van der Waals surface area contributed by atoms with E-state index in [-0.39, 0.29) is 17.4 Å². The first kappa shape index (κ1) is 25.9. The van der Waals surface area contributed by atoms with E-state index in [1.165, 1.54) is 24.3 Å². The van der Waals surface area contributed by atoms with E-state index in [1.807, 2.05) is 36.4 Å². The van der Waals surface area contributed by atoms with Crippen LogP contribution >= 0.6 is 11.6 Å². The molecule has 0 bridgehead atoms. The van der Waals surface area contributed by atoms with Gasteiger partial charge in [-0.25, -0.2) is 9.48 Å². The highest BCUT2D eigenvalue weighted by molar-refractivity contribution is 6.30. The lowest BCUT2D eigenvalue weighted by Gasteiger charge is -2.33. The Morgan fingerprint density at radius 1 is 1.05 bits per heavy atom. The molecule has 0 fully saturated rings. The Bertz CT molecular complexity index is 1540. The van der Waals surface area contributed by atoms with Crippen molar-refractivity contribution in [1.82, 2.24) is 19.9 Å². The number of rotatable bonds is 8. The zero-order valence-corrected chi connectivity index (χ0v) is 21.5. The van der Waals surface area contributed by atoms with Crippen molar-refractivity contribution in [2.45, 2.75) is 18.9 Å². The van der Waals surface area contributed by atoms with Gasteiger partial charge >= 0.3 is 5.97 Å². The first-order valence-electron chi connectivity index (χ1n) is 12.2. The third kappa shape index (κ3) is 5.89. The maximum atomic E-state index is 13.5. The van der Waals surface area contributed by atoms with E-state index < -0.39 is 12.0 Å². The average Bonchev–Trinajstić information content (AvgIpc) is 3.48. The van der Waals surface area contributed by atoms with Gasteiger partial charge in [-0.1, -0.05) is 47.1 Å². The lowest BCUT2D eigenvalue weighted by atomic mass is 9.95. The smallest absolute Gasteiger partial charge is 0.335 e. The number of halogens is 1. The third-order valence-corrected chi connectivity index (χ3v) is 6.76. The largest absolute Gasteiger partial charge is 0.478 e. The van der Waals surface area contributed by atoms with Gasteiger partial charge in [-0.05, 0) is 60.0 Å². The third-order valence-electron chi connectivity index (χ3n) is 6.53. The van der Waals surface area contributed by atoms with Crippen molar-refractivity contribution < 1.29 is 19.5 Å². The van der Waals surface area contributed by atoms with E-state index in [1.54, 1.807) is 40.2 Å². The van der Waals surface area contributed by atoms with Gasteiger partial charge in [0, 0.05) is 35.3 Å². The van der Waals surface area contributed by atoms with E-state index >= 15 is 0 Å². The van der Waals surface area contributed by atoms with Gasteiger partial charge in [-0.3, -0.25) is 9.59 Å². The van der Waals surface area contributed by atoms with Crippen LogP contribution in [0.2, 0.25) is 5.02 Å². The van der Waals surface area contributed by atoms with Gasteiger partial charge in [0.1, 0.15) is 6.04 Å². The summed E-state index contributed by atoms with van der Waals surface area (Å²) in [6.07, 6.45) is 5.65. The first-order valence-corrected chi connectivity index (χ1v) is 12.6. The van der Waals surface area contributed by atoms with Crippen LogP contribution in [0.25, 0.3) is 11.3 Å². The van der Waals surface area contributed by atoms with Crippen LogP contribution < -0.4 is 5.32 Å². The molecular formula is C29H24ClN5O4. The van der Waals surface area contributed by atoms with Crippen molar-refractivity contribution in [3.8, 4) is 5.69 Å². The molecule has 1 aromatic heterocycles. The molecule has 1 unspecified atom stereocenters. The number of carbonyl (C=O) groups is 3. The van der Waals surface area contributed by atoms with Crippen molar-refractivity contribution in [3.63, 3.8) is 0 Å². The number of carboxylic acids is 1. The Morgan fingerprint density at radius 3 is 2.49 bits per heavy atom. The van der Waals surface area contributed by atoms with Gasteiger partial charge < -0.3 is 15.3 Å². The second-order valence-electron chi connectivity index (χ2n) is 9.04. The van der Waals surface area contributed by atoms with E-state index in [0.717, 1.165) is 22.4 Å². The number of nitrogens with one attached hydrogen (secondary N) is 1. The summed E-state index contributed by atoms with van der Waals surface area (Å²) in [4.78, 5) is 39.8. The molecule has 196 valence electrons. The van der Waals surface area contributed by atoms with Crippen molar-refractivity contribution in [1.29, 1.82) is 0 Å². The number of aromatic nitrogens is 3. The molecule has 10 heteroatoms. The number of amides is 2. The zero-order valence-electron chi connectivity index (χ0n) is 20.7. The molecule has 2 N–H and O–H groups in total. The normalized spacial score (nSPS) is 14.0. The molecule has 0 saturated carbocycles. The molecule has 0 saturated heterocycles. The average molecular weight is 542 g/mol. The quantitative estimate of drug-likeness (QED) is 0.339. The number of aromatic carboxylic acids is 1. The fraction of sp³-hybridized carbons (Fsp3) is 0.138. The molecule has 39 heavy (non-hydrogen) atoms. The summed E-state index contributed by atoms with van der Waals surface area (Å²) in [5, 5.41) is 20.5. The molecule has 4 aromatic rings. The lowest BCUT2D eigenvalue weighted by Crippen LogP contribution is -2.49. The summed E-state index contributed by atoms with van der Waals surface area (Å²) in [6.45, 7) is 0.316. The number of carbonyl (C=O) groups excluding carboxylic acids is 2. The highest BCUT2D eigenvalue weighted by Crippen LogP contribution is 2.31. The van der Waals surface area contributed by atoms with Crippen LogP contribution in [0.1, 0.15) is 27.9 Å². The summed E-state index contributed by atoms with van der Waals surface area (Å²) in [5.74, 6) is -1.71. The second-order valence-corrected chi connectivity index (χ2v) is 9.47. The molecule has 2 amide bonds. The van der Waals surface area contributed by atoms with Gasteiger partial charge in [0.25, 0.3) is 0 Å². The standard InChI is InChI=1S/C29H24ClN5O4/c30-22-8-11-25(35-15-13-31-33-35)24(18-22)21-12-14-34(27(36)17-21)26(16-19-4-2-1-3-5-19)28(37)32-23-9-6-20(7-10-23)29(38)39/h1-11,13,15,17-18,26H,12,14,16H2,(H,32,37)(H,38,39). The predicted molar refractivity (Wildman–Crippen MR) is 147 cm³/mol. The van der Waals surface area contributed by atoms with E-state index in [4.69, 9.17) is 16.7 Å². The van der Waals surface area contributed by atoms with Gasteiger partial charge in [0.05, 0.1) is 23.6 Å². The number of anilines is 1. The first-order chi connectivity index (χ1) is 18.9. The summed E-state index contributed by atoms with van der Waals surface area (Å²) in [6, 6.07) is 20.0. The highest BCUT2D eigenvalue weighted by atomic mass is 35.5. The molecule has 1 aliphatic rings. The van der Waals surface area contributed by atoms with Crippen LogP contribution in [-0.4, -0.2) is 55.4 Å². The van der Waals surface area contributed by atoms with Gasteiger partial charge in [0.2, 0.25) is 11.8 Å². The second kappa shape index (κ2) is 11.3. The molecule has 0 aliphatic carbocycles. The molecule has 3 aromatic carbocycles. The van der Waals surface area contributed by atoms with Crippen molar-refractivity contribution in [2.75, 3.05) is 11.9 Å². The fourth-order valence-electron chi connectivity index (χ4n) is 4.58. The molecule has 0 radical (unpaired) electrons. The molecule has 2 heterocycles. The Labute approximate surface area is 229 Å². The SMILES string of the molecule is O=C(O)c1ccc(NC(=O)C(Cc2ccccc2)N2CCC(c3cc(Cl)ccc3-n3ccnn3)=CC2=O)cc1. The number of hydrogen-bond acceptors (Lipinski definition) is 5. The van der Waals surface area contributed by atoms with Crippen LogP contribution in [0.4, 0.5) is 5.69 Å². The van der Waals surface area contributed by atoms with Crippen molar-refractivity contribution in [2.24, 2.45) is 0 Å². The fourth-order valence-corrected chi connectivity index (χ4v) is 4.75.